The van der Waals surface area contributed by atoms with Crippen LogP contribution in [-0.4, -0.2) is 41.0 Å². The zero-order chi connectivity index (χ0) is 16.8. The van der Waals surface area contributed by atoms with Crippen molar-refractivity contribution in [2.75, 3.05) is 13.2 Å². The molecular weight excluding hydrogens is 292 g/mol. The van der Waals surface area contributed by atoms with Crippen molar-refractivity contribution < 1.29 is 14.7 Å². The van der Waals surface area contributed by atoms with Crippen molar-refractivity contribution in [2.45, 2.75) is 45.7 Å². The molecule has 1 aromatic rings. The van der Waals surface area contributed by atoms with Crippen LogP contribution in [0, 0.1) is 12.8 Å². The van der Waals surface area contributed by atoms with Gasteiger partial charge in [0, 0.05) is 26.1 Å². The second kappa shape index (κ2) is 8.11. The summed E-state index contributed by atoms with van der Waals surface area (Å²) in [6, 6.07) is 7.65. The Morgan fingerprint density at radius 1 is 1.39 bits per heavy atom. The fourth-order valence-electron chi connectivity index (χ4n) is 2.81. The lowest BCUT2D eigenvalue weighted by Crippen LogP contribution is -2.45. The van der Waals surface area contributed by atoms with Gasteiger partial charge >= 0.3 is 0 Å². The molecule has 1 aliphatic heterocycles. The van der Waals surface area contributed by atoms with Crippen LogP contribution < -0.4 is 5.32 Å². The summed E-state index contributed by atoms with van der Waals surface area (Å²) in [5, 5.41) is 11.8. The standard InChI is InChI=1S/C18H26N2O3/c1-13-3-5-15(6-4-13)12-20-16(7-8-17(20)22)18(23)19-11-14(2)9-10-21/h3-6,14,16,21H,7-12H2,1-2H3,(H,19,23). The van der Waals surface area contributed by atoms with Gasteiger partial charge in [-0.25, -0.2) is 0 Å². The first-order valence-electron chi connectivity index (χ1n) is 8.25. The molecule has 1 fully saturated rings. The lowest BCUT2D eigenvalue weighted by molar-refractivity contribution is -0.135. The third-order valence-electron chi connectivity index (χ3n) is 4.35. The van der Waals surface area contributed by atoms with Gasteiger partial charge < -0.3 is 15.3 Å². The summed E-state index contributed by atoms with van der Waals surface area (Å²) in [6.07, 6.45) is 1.66. The summed E-state index contributed by atoms with van der Waals surface area (Å²) < 4.78 is 0. The monoisotopic (exact) mass is 318 g/mol. The van der Waals surface area contributed by atoms with Gasteiger partial charge in [-0.2, -0.15) is 0 Å². The van der Waals surface area contributed by atoms with Gasteiger partial charge in [0.2, 0.25) is 11.8 Å². The Morgan fingerprint density at radius 3 is 2.74 bits per heavy atom. The maximum Gasteiger partial charge on any atom is 0.242 e. The third kappa shape index (κ3) is 4.79. The van der Waals surface area contributed by atoms with Crippen LogP contribution in [0.15, 0.2) is 24.3 Å². The van der Waals surface area contributed by atoms with Crippen LogP contribution in [0.4, 0.5) is 0 Å². The minimum Gasteiger partial charge on any atom is -0.396 e. The highest BCUT2D eigenvalue weighted by atomic mass is 16.3. The number of nitrogens with one attached hydrogen (secondary N) is 1. The van der Waals surface area contributed by atoms with Crippen molar-refractivity contribution in [3.05, 3.63) is 35.4 Å². The van der Waals surface area contributed by atoms with E-state index >= 15 is 0 Å². The first-order chi connectivity index (χ1) is 11.0. The van der Waals surface area contributed by atoms with Gasteiger partial charge in [-0.1, -0.05) is 36.8 Å². The Morgan fingerprint density at radius 2 is 2.09 bits per heavy atom. The number of nitrogens with zero attached hydrogens (tertiary/aromatic N) is 1. The van der Waals surface area contributed by atoms with Gasteiger partial charge in [0.25, 0.3) is 0 Å². The highest BCUT2D eigenvalue weighted by Gasteiger charge is 2.35. The van der Waals surface area contributed by atoms with Crippen molar-refractivity contribution >= 4 is 11.8 Å². The number of carbonyl (C=O) groups is 2. The van der Waals surface area contributed by atoms with E-state index in [1.807, 2.05) is 38.1 Å². The third-order valence-corrected chi connectivity index (χ3v) is 4.35. The summed E-state index contributed by atoms with van der Waals surface area (Å²) in [4.78, 5) is 26.2. The number of rotatable bonds is 7. The number of likely N-dealkylation sites (tertiary alicyclic amines) is 1. The highest BCUT2D eigenvalue weighted by molar-refractivity contribution is 5.90. The van der Waals surface area contributed by atoms with Crippen LogP contribution >= 0.6 is 0 Å². The number of aliphatic hydroxyl groups is 1. The van der Waals surface area contributed by atoms with Crippen LogP contribution in [0.1, 0.15) is 37.3 Å². The smallest absolute Gasteiger partial charge is 0.242 e. The summed E-state index contributed by atoms with van der Waals surface area (Å²) in [5.74, 6) is 0.175. The van der Waals surface area contributed by atoms with Crippen LogP contribution in [0.25, 0.3) is 0 Å². The zero-order valence-corrected chi connectivity index (χ0v) is 13.9. The van der Waals surface area contributed by atoms with E-state index in [-0.39, 0.29) is 30.4 Å². The van der Waals surface area contributed by atoms with Gasteiger partial charge in [0.15, 0.2) is 0 Å². The molecule has 0 radical (unpaired) electrons. The predicted molar refractivity (Wildman–Crippen MR) is 88.6 cm³/mol. The number of aryl methyl sites for hydroxylation is 1. The molecule has 1 saturated heterocycles. The van der Waals surface area contributed by atoms with Crippen molar-refractivity contribution in [1.29, 1.82) is 0 Å². The number of carbonyl (C=O) groups excluding carboxylic acids is 2. The molecule has 5 heteroatoms. The number of hydrogen-bond acceptors (Lipinski definition) is 3. The molecule has 0 aromatic heterocycles. The Bertz CT molecular complexity index is 542. The number of aliphatic hydroxyl groups excluding tert-OH is 1. The fourth-order valence-corrected chi connectivity index (χ4v) is 2.81. The maximum atomic E-state index is 12.4. The SMILES string of the molecule is Cc1ccc(CN2C(=O)CCC2C(=O)NCC(C)CCO)cc1. The van der Waals surface area contributed by atoms with E-state index < -0.39 is 0 Å². The predicted octanol–water partition coefficient (Wildman–Crippen LogP) is 1.62. The molecule has 2 amide bonds. The van der Waals surface area contributed by atoms with Crippen molar-refractivity contribution in [1.82, 2.24) is 10.2 Å². The first kappa shape index (κ1) is 17.5. The molecule has 0 spiro atoms. The highest BCUT2D eigenvalue weighted by Crippen LogP contribution is 2.22. The van der Waals surface area contributed by atoms with E-state index in [1.165, 1.54) is 5.56 Å². The van der Waals surface area contributed by atoms with Crippen molar-refractivity contribution in [3.8, 4) is 0 Å². The van der Waals surface area contributed by atoms with E-state index in [1.54, 1.807) is 4.90 Å². The molecule has 1 aliphatic rings. The normalized spacial score (nSPS) is 19.0. The van der Waals surface area contributed by atoms with Crippen LogP contribution in [0.5, 0.6) is 0 Å². The number of hydrogen-bond donors (Lipinski definition) is 2. The van der Waals surface area contributed by atoms with E-state index in [4.69, 9.17) is 5.11 Å². The molecule has 23 heavy (non-hydrogen) atoms. The molecule has 126 valence electrons. The van der Waals surface area contributed by atoms with E-state index in [0.717, 1.165) is 5.56 Å². The molecule has 0 saturated carbocycles. The molecule has 2 unspecified atom stereocenters. The van der Waals surface area contributed by atoms with Gasteiger partial charge in [0.1, 0.15) is 6.04 Å². The maximum absolute atomic E-state index is 12.4. The summed E-state index contributed by atoms with van der Waals surface area (Å²) in [6.45, 7) is 5.14. The molecule has 2 N–H and O–H groups in total. The van der Waals surface area contributed by atoms with E-state index in [2.05, 4.69) is 5.32 Å². The molecule has 1 heterocycles. The Kier molecular flexibility index (Phi) is 6.16. The molecule has 2 atom stereocenters. The van der Waals surface area contributed by atoms with Crippen molar-refractivity contribution in [2.24, 2.45) is 5.92 Å². The van der Waals surface area contributed by atoms with Crippen LogP contribution in [0.2, 0.25) is 0 Å². The lowest BCUT2D eigenvalue weighted by atomic mass is 10.1. The second-order valence-corrected chi connectivity index (χ2v) is 6.42. The fraction of sp³-hybridized carbons (Fsp3) is 0.556. The quantitative estimate of drug-likeness (QED) is 0.802. The summed E-state index contributed by atoms with van der Waals surface area (Å²) in [7, 11) is 0. The molecule has 5 nitrogen and oxygen atoms in total. The van der Waals surface area contributed by atoms with Gasteiger partial charge in [-0.05, 0) is 31.2 Å². The average molecular weight is 318 g/mol. The Balaban J connectivity index is 1.95. The average Bonchev–Trinajstić information content (AvgIpc) is 2.89. The topological polar surface area (TPSA) is 69.6 Å². The summed E-state index contributed by atoms with van der Waals surface area (Å²) >= 11 is 0. The Hall–Kier alpha value is -1.88. The minimum atomic E-state index is -0.384. The molecular formula is C18H26N2O3. The first-order valence-corrected chi connectivity index (χ1v) is 8.25. The molecule has 0 bridgehead atoms. The van der Waals surface area contributed by atoms with E-state index in [0.29, 0.717) is 32.4 Å². The van der Waals surface area contributed by atoms with E-state index in [9.17, 15) is 9.59 Å². The largest absolute Gasteiger partial charge is 0.396 e. The van der Waals surface area contributed by atoms with Gasteiger partial charge in [-0.3, -0.25) is 9.59 Å². The van der Waals surface area contributed by atoms with Crippen LogP contribution in [-0.2, 0) is 16.1 Å². The molecule has 1 aromatic carbocycles. The lowest BCUT2D eigenvalue weighted by Gasteiger charge is -2.25. The molecule has 0 aliphatic carbocycles. The number of amides is 2. The number of benzene rings is 1. The minimum absolute atomic E-state index is 0.0362. The van der Waals surface area contributed by atoms with Crippen LogP contribution in [0.3, 0.4) is 0 Å². The summed E-state index contributed by atoms with van der Waals surface area (Å²) in [5.41, 5.74) is 2.21. The Labute approximate surface area is 137 Å². The zero-order valence-electron chi connectivity index (χ0n) is 13.9. The van der Waals surface area contributed by atoms with Gasteiger partial charge in [0.05, 0.1) is 0 Å². The van der Waals surface area contributed by atoms with Crippen molar-refractivity contribution in [3.63, 3.8) is 0 Å². The van der Waals surface area contributed by atoms with Gasteiger partial charge in [-0.15, -0.1) is 0 Å². The molecule has 2 rings (SSSR count). The second-order valence-electron chi connectivity index (χ2n) is 6.42.